The van der Waals surface area contributed by atoms with Gasteiger partial charge in [-0.15, -0.1) is 0 Å². The molecule has 1 saturated heterocycles. The number of hydrogen-bond acceptors (Lipinski definition) is 3. The monoisotopic (exact) mass is 293 g/mol. The summed E-state index contributed by atoms with van der Waals surface area (Å²) < 4.78 is 0. The third-order valence-electron chi connectivity index (χ3n) is 4.35. The van der Waals surface area contributed by atoms with Crippen molar-refractivity contribution in [2.45, 2.75) is 38.4 Å². The maximum Gasteiger partial charge on any atom is 0.0643 e. The zero-order valence-corrected chi connectivity index (χ0v) is 13.2. The van der Waals surface area contributed by atoms with Crippen molar-refractivity contribution in [3.8, 4) is 0 Å². The Hall–Kier alpha value is -0.770. The fourth-order valence-electron chi connectivity index (χ4n) is 3.04. The first-order chi connectivity index (χ1) is 9.65. The minimum absolute atomic E-state index is 0.508. The highest BCUT2D eigenvalue weighted by atomic mass is 35.5. The lowest BCUT2D eigenvalue weighted by atomic mass is 10.1. The van der Waals surface area contributed by atoms with Crippen LogP contribution < -0.4 is 10.2 Å². The van der Waals surface area contributed by atoms with Crippen LogP contribution >= 0.6 is 11.6 Å². The van der Waals surface area contributed by atoms with Crippen LogP contribution in [0.25, 0.3) is 0 Å². The summed E-state index contributed by atoms with van der Waals surface area (Å²) in [6.07, 6.45) is 2.64. The summed E-state index contributed by atoms with van der Waals surface area (Å²) in [5, 5.41) is 4.49. The molecule has 1 aromatic rings. The van der Waals surface area contributed by atoms with E-state index in [0.717, 1.165) is 37.2 Å². The summed E-state index contributed by atoms with van der Waals surface area (Å²) >= 11 is 6.51. The Morgan fingerprint density at radius 1 is 1.30 bits per heavy atom. The van der Waals surface area contributed by atoms with E-state index in [2.05, 4.69) is 41.2 Å². The van der Waals surface area contributed by atoms with E-state index in [4.69, 9.17) is 11.6 Å². The van der Waals surface area contributed by atoms with Gasteiger partial charge in [-0.1, -0.05) is 23.7 Å². The van der Waals surface area contributed by atoms with Crippen molar-refractivity contribution in [3.63, 3.8) is 0 Å². The van der Waals surface area contributed by atoms with Crippen LogP contribution in [-0.2, 0) is 6.54 Å². The lowest BCUT2D eigenvalue weighted by Gasteiger charge is -2.41. The topological polar surface area (TPSA) is 18.5 Å². The normalized spacial score (nSPS) is 24.1. The third kappa shape index (κ3) is 3.11. The molecule has 2 fully saturated rings. The number of nitrogens with one attached hydrogen (secondary N) is 1. The summed E-state index contributed by atoms with van der Waals surface area (Å²) in [6, 6.07) is 7.53. The van der Waals surface area contributed by atoms with E-state index in [1.54, 1.807) is 0 Å². The Morgan fingerprint density at radius 3 is 2.80 bits per heavy atom. The Morgan fingerprint density at radius 2 is 2.10 bits per heavy atom. The van der Waals surface area contributed by atoms with Crippen molar-refractivity contribution >= 4 is 17.3 Å². The van der Waals surface area contributed by atoms with Gasteiger partial charge < -0.3 is 15.1 Å². The Labute approximate surface area is 126 Å². The maximum absolute atomic E-state index is 6.51. The van der Waals surface area contributed by atoms with Crippen LogP contribution in [0.3, 0.4) is 0 Å². The highest BCUT2D eigenvalue weighted by Crippen LogP contribution is 2.33. The quantitative estimate of drug-likeness (QED) is 0.921. The van der Waals surface area contributed by atoms with Gasteiger partial charge in [-0.05, 0) is 38.4 Å². The largest absolute Gasteiger partial charge is 0.365 e. The second-order valence-electron chi connectivity index (χ2n) is 6.21. The first-order valence-corrected chi connectivity index (χ1v) is 7.99. The van der Waals surface area contributed by atoms with Crippen LogP contribution in [0.1, 0.15) is 25.3 Å². The molecular formula is C16H24ClN3. The van der Waals surface area contributed by atoms with E-state index >= 15 is 0 Å². The standard InChI is InChI=1S/C16H24ClN3/c1-12-11-19(2)8-9-20(12)16-13(4-3-5-15(16)17)10-18-14-6-7-14/h3-5,12,14,18H,6-11H2,1-2H3. The maximum atomic E-state index is 6.51. The average Bonchev–Trinajstić information content (AvgIpc) is 3.22. The molecule has 1 heterocycles. The zero-order valence-electron chi connectivity index (χ0n) is 12.4. The van der Waals surface area contributed by atoms with Gasteiger partial charge in [0.2, 0.25) is 0 Å². The second kappa shape index (κ2) is 5.92. The first-order valence-electron chi connectivity index (χ1n) is 7.61. The first kappa shape index (κ1) is 14.2. The molecule has 3 rings (SSSR count). The van der Waals surface area contributed by atoms with Crippen molar-refractivity contribution < 1.29 is 0 Å². The molecule has 1 aromatic carbocycles. The highest BCUT2D eigenvalue weighted by Gasteiger charge is 2.26. The number of hydrogen-bond donors (Lipinski definition) is 1. The molecule has 1 saturated carbocycles. The van der Waals surface area contributed by atoms with Crippen molar-refractivity contribution in [1.82, 2.24) is 10.2 Å². The van der Waals surface area contributed by atoms with Gasteiger partial charge in [0.1, 0.15) is 0 Å². The molecule has 3 nitrogen and oxygen atoms in total. The summed E-state index contributed by atoms with van der Waals surface area (Å²) in [5.74, 6) is 0. The lowest BCUT2D eigenvalue weighted by molar-refractivity contribution is 0.275. The summed E-state index contributed by atoms with van der Waals surface area (Å²) in [4.78, 5) is 4.87. The lowest BCUT2D eigenvalue weighted by Crippen LogP contribution is -2.51. The van der Waals surface area contributed by atoms with Crippen LogP contribution in [0.2, 0.25) is 5.02 Å². The molecular weight excluding hydrogens is 270 g/mol. The van der Waals surface area contributed by atoms with Crippen molar-refractivity contribution in [2.75, 3.05) is 31.6 Å². The molecule has 0 spiro atoms. The number of nitrogens with zero attached hydrogens (tertiary/aromatic N) is 2. The van der Waals surface area contributed by atoms with E-state index in [0.29, 0.717) is 6.04 Å². The Kier molecular flexibility index (Phi) is 4.20. The number of halogens is 1. The SMILES string of the molecule is CC1CN(C)CCN1c1c(Cl)cccc1CNC1CC1. The Balaban J connectivity index is 1.82. The number of para-hydroxylation sites is 1. The number of likely N-dealkylation sites (N-methyl/N-ethyl adjacent to an activating group) is 1. The number of benzene rings is 1. The van der Waals surface area contributed by atoms with Gasteiger partial charge in [-0.3, -0.25) is 0 Å². The molecule has 110 valence electrons. The zero-order chi connectivity index (χ0) is 14.1. The number of anilines is 1. The highest BCUT2D eigenvalue weighted by molar-refractivity contribution is 6.33. The molecule has 0 aromatic heterocycles. The van der Waals surface area contributed by atoms with Crippen LogP contribution in [0.4, 0.5) is 5.69 Å². The van der Waals surface area contributed by atoms with E-state index in [1.807, 2.05) is 6.07 Å². The van der Waals surface area contributed by atoms with E-state index in [9.17, 15) is 0 Å². The second-order valence-corrected chi connectivity index (χ2v) is 6.61. The van der Waals surface area contributed by atoms with Gasteiger partial charge in [-0.25, -0.2) is 0 Å². The molecule has 1 N–H and O–H groups in total. The molecule has 1 aliphatic heterocycles. The van der Waals surface area contributed by atoms with Crippen LogP contribution in [0, 0.1) is 0 Å². The summed E-state index contributed by atoms with van der Waals surface area (Å²) in [7, 11) is 2.19. The minimum atomic E-state index is 0.508. The van der Waals surface area contributed by atoms with Crippen molar-refractivity contribution in [2.24, 2.45) is 0 Å². The van der Waals surface area contributed by atoms with E-state index in [1.165, 1.54) is 24.1 Å². The van der Waals surface area contributed by atoms with Crippen molar-refractivity contribution in [3.05, 3.63) is 28.8 Å². The molecule has 20 heavy (non-hydrogen) atoms. The third-order valence-corrected chi connectivity index (χ3v) is 4.65. The molecule has 2 aliphatic rings. The van der Waals surface area contributed by atoms with E-state index in [-0.39, 0.29) is 0 Å². The fourth-order valence-corrected chi connectivity index (χ4v) is 3.34. The molecule has 0 amide bonds. The van der Waals surface area contributed by atoms with Crippen molar-refractivity contribution in [1.29, 1.82) is 0 Å². The fraction of sp³-hybridized carbons (Fsp3) is 0.625. The molecule has 0 radical (unpaired) electrons. The van der Waals surface area contributed by atoms with E-state index < -0.39 is 0 Å². The molecule has 1 atom stereocenters. The van der Waals surface area contributed by atoms with Gasteiger partial charge >= 0.3 is 0 Å². The number of rotatable bonds is 4. The van der Waals surface area contributed by atoms with Crippen LogP contribution in [0.5, 0.6) is 0 Å². The Bertz CT molecular complexity index is 473. The molecule has 0 bridgehead atoms. The summed E-state index contributed by atoms with van der Waals surface area (Å²) in [6.45, 7) is 6.47. The van der Waals surface area contributed by atoms with Crippen LogP contribution in [-0.4, -0.2) is 43.7 Å². The molecule has 1 unspecified atom stereocenters. The predicted molar refractivity (Wildman–Crippen MR) is 85.6 cm³/mol. The van der Waals surface area contributed by atoms with Gasteiger partial charge in [0.25, 0.3) is 0 Å². The van der Waals surface area contributed by atoms with Gasteiger partial charge in [0.15, 0.2) is 0 Å². The summed E-state index contributed by atoms with van der Waals surface area (Å²) in [5.41, 5.74) is 2.57. The minimum Gasteiger partial charge on any atom is -0.365 e. The molecule has 1 aliphatic carbocycles. The van der Waals surface area contributed by atoms with Gasteiger partial charge in [-0.2, -0.15) is 0 Å². The molecule has 4 heteroatoms. The van der Waals surface area contributed by atoms with Gasteiger partial charge in [0, 0.05) is 38.3 Å². The number of piperazine rings is 1. The average molecular weight is 294 g/mol. The van der Waals surface area contributed by atoms with Gasteiger partial charge in [0.05, 0.1) is 10.7 Å². The predicted octanol–water partition coefficient (Wildman–Crippen LogP) is 2.73. The van der Waals surface area contributed by atoms with Crippen LogP contribution in [0.15, 0.2) is 18.2 Å². The smallest absolute Gasteiger partial charge is 0.0643 e.